The van der Waals surface area contributed by atoms with Gasteiger partial charge in [0.25, 0.3) is 0 Å². The van der Waals surface area contributed by atoms with Gasteiger partial charge in [0.05, 0.1) is 44.1 Å². The van der Waals surface area contributed by atoms with Crippen LogP contribution in [0.2, 0.25) is 0 Å². The minimum Gasteiger partial charge on any atom is -0.490 e. The zero-order valence-electron chi connectivity index (χ0n) is 36.5. The van der Waals surface area contributed by atoms with E-state index in [0.717, 1.165) is 5.57 Å². The Morgan fingerprint density at radius 1 is 1.07 bits per heavy atom. The number of carbonyl (C=O) groups excluding carboxylic acids is 3. The molecule has 3 rings (SSSR count). The molecule has 2 saturated heterocycles. The highest BCUT2D eigenvalue weighted by Gasteiger charge is 2.52. The Hall–Kier alpha value is -3.41. The Morgan fingerprint density at radius 3 is 2.34 bits per heavy atom. The molecule has 3 aliphatic heterocycles. The first-order valence-electron chi connectivity index (χ1n) is 20.5. The normalized spacial score (nSPS) is 40.7. The second-order valence-electron chi connectivity index (χ2n) is 16.6. The van der Waals surface area contributed by atoms with Crippen molar-refractivity contribution in [3.05, 3.63) is 59.4 Å². The molecule has 59 heavy (non-hydrogen) atoms. The van der Waals surface area contributed by atoms with Crippen molar-refractivity contribution in [1.82, 2.24) is 0 Å². The van der Waals surface area contributed by atoms with Crippen molar-refractivity contribution in [1.29, 1.82) is 0 Å². The molecule has 0 aliphatic carbocycles. The van der Waals surface area contributed by atoms with Crippen molar-refractivity contribution in [2.75, 3.05) is 14.2 Å². The van der Waals surface area contributed by atoms with Crippen molar-refractivity contribution in [3.63, 3.8) is 0 Å². The topological polar surface area (TPSA) is 223 Å². The molecule has 15 nitrogen and oxygen atoms in total. The maximum atomic E-state index is 13.8. The molecule has 6 N–H and O–H groups in total. The first-order chi connectivity index (χ1) is 27.7. The summed E-state index contributed by atoms with van der Waals surface area (Å²) in [4.78, 5) is 38.1. The molecule has 16 atom stereocenters. The summed E-state index contributed by atoms with van der Waals surface area (Å²) < 4.78 is 41.0. The smallest absolute Gasteiger partial charge is 0.405 e. The van der Waals surface area contributed by atoms with E-state index in [1.807, 2.05) is 33.8 Å². The lowest BCUT2D eigenvalue weighted by atomic mass is 9.77. The van der Waals surface area contributed by atoms with Crippen LogP contribution < -0.4 is 5.73 Å². The van der Waals surface area contributed by atoms with E-state index in [1.54, 1.807) is 65.0 Å². The van der Waals surface area contributed by atoms with Crippen molar-refractivity contribution < 1.29 is 68.0 Å². The molecule has 3 aliphatic rings. The summed E-state index contributed by atoms with van der Waals surface area (Å²) in [5.41, 5.74) is 6.72. The third kappa shape index (κ3) is 13.5. The zero-order chi connectivity index (χ0) is 44.4. The van der Waals surface area contributed by atoms with Crippen LogP contribution in [0.5, 0.6) is 0 Å². The second-order valence-corrected chi connectivity index (χ2v) is 16.6. The van der Waals surface area contributed by atoms with Crippen molar-refractivity contribution in [2.24, 2.45) is 35.3 Å². The van der Waals surface area contributed by atoms with E-state index >= 15 is 0 Å². The molecule has 3 heterocycles. The van der Waals surface area contributed by atoms with Crippen molar-refractivity contribution in [3.8, 4) is 0 Å². The van der Waals surface area contributed by atoms with Crippen LogP contribution in [0.1, 0.15) is 88.0 Å². The van der Waals surface area contributed by atoms with Crippen LogP contribution in [0, 0.1) is 29.6 Å². The van der Waals surface area contributed by atoms with Gasteiger partial charge in [-0.2, -0.15) is 0 Å². The second kappa shape index (κ2) is 22.4. The number of methoxy groups -OCH3 is 2. The summed E-state index contributed by atoms with van der Waals surface area (Å²) in [5, 5.41) is 46.2. The van der Waals surface area contributed by atoms with Crippen molar-refractivity contribution in [2.45, 2.75) is 155 Å². The zero-order valence-corrected chi connectivity index (χ0v) is 36.5. The first-order valence-corrected chi connectivity index (χ1v) is 20.5. The molecule has 0 spiro atoms. The minimum absolute atomic E-state index is 0.124. The fourth-order valence-corrected chi connectivity index (χ4v) is 8.02. The highest BCUT2D eigenvalue weighted by atomic mass is 16.7. The first kappa shape index (κ1) is 49.9. The van der Waals surface area contributed by atoms with Gasteiger partial charge < -0.3 is 59.3 Å². The van der Waals surface area contributed by atoms with Gasteiger partial charge in [-0.15, -0.1) is 0 Å². The highest BCUT2D eigenvalue weighted by Crippen LogP contribution is 2.42. The summed E-state index contributed by atoms with van der Waals surface area (Å²) >= 11 is 0. The number of primary amides is 1. The molecular weight excluding hydrogens is 766 g/mol. The van der Waals surface area contributed by atoms with E-state index in [4.69, 9.17) is 38.9 Å². The van der Waals surface area contributed by atoms with E-state index in [2.05, 4.69) is 0 Å². The summed E-state index contributed by atoms with van der Waals surface area (Å²) in [6, 6.07) is 0. The maximum absolute atomic E-state index is 13.8. The monoisotopic (exact) mass is 835 g/mol. The molecule has 0 aromatic carbocycles. The minimum atomic E-state index is -1.99. The standard InChI is InChI=1S/C44H69NO14/c1-12-14-34-27(6)37(56-38-21-33(48)41(30(9)55-38)58-43(45)51)22-44(52,59-34)29(8)39(49)28(7)40-35(53-10)16-13-15-23(2)17-25(4)31(46)20-32(47)26(5)18-24(3)19-36(54-11)42(50)57-40/h12-16,18-19,25-32,34-35,37-41,46-47,49,52H,17,20-22H2,1-11H3,(H2,45,51)/b14-12+,16-13+,23-15+,24-18+,36-19-/t25-,26-,27-,28+,29+,30+,31-,32+,34-,35+,37-,38-,39-,40-,41+,44-/m1/s1. The lowest BCUT2D eigenvalue weighted by Gasteiger charge is -2.49. The Balaban J connectivity index is 1.99. The van der Waals surface area contributed by atoms with Gasteiger partial charge in [0.1, 0.15) is 18.3 Å². The Bertz CT molecular complexity index is 1570. The number of nitrogens with two attached hydrogens (primary N) is 1. The number of allylic oxidation sites excluding steroid dienone is 6. The molecule has 0 saturated carbocycles. The third-order valence-corrected chi connectivity index (χ3v) is 11.9. The fraction of sp³-hybridized carbons (Fsp3) is 0.705. The number of rotatable bonds is 10. The van der Waals surface area contributed by atoms with E-state index in [9.17, 15) is 34.8 Å². The van der Waals surface area contributed by atoms with Crippen molar-refractivity contribution >= 4 is 17.8 Å². The predicted molar refractivity (Wildman–Crippen MR) is 218 cm³/mol. The quantitative estimate of drug-likeness (QED) is 0.151. The number of carbonyl (C=O) groups is 3. The fourth-order valence-electron chi connectivity index (χ4n) is 8.02. The number of hydrogen-bond acceptors (Lipinski definition) is 14. The Kier molecular flexibility index (Phi) is 19.0. The van der Waals surface area contributed by atoms with E-state index in [-0.39, 0.29) is 42.8 Å². The van der Waals surface area contributed by atoms with Crippen LogP contribution in [0.3, 0.4) is 0 Å². The predicted octanol–water partition coefficient (Wildman–Crippen LogP) is 4.56. The average molecular weight is 836 g/mol. The van der Waals surface area contributed by atoms with Crippen LogP contribution in [0.4, 0.5) is 4.79 Å². The SMILES string of the molecule is C/C=C/[C@H]1O[C@@](O)([C@@H](C)[C@H](O)[C@H](C)[C@H]2OC(=O)/C(OC)=C/C(C)=C/[C@@H](C)[C@@H](O)C[C@@H](O)[C@H](C)C/C(C)=C/C=C/[C@@H]2OC)C[C@@H](O[C@@H]2CC(=O)[C@@H](OC(N)=O)[C@H](C)O2)[C@@H]1C. The molecule has 0 unspecified atom stereocenters. The van der Waals surface area contributed by atoms with Gasteiger partial charge in [-0.3, -0.25) is 4.79 Å². The summed E-state index contributed by atoms with van der Waals surface area (Å²) in [7, 11) is 2.79. The molecule has 0 radical (unpaired) electrons. The Labute approximate surface area is 349 Å². The van der Waals surface area contributed by atoms with Crippen LogP contribution in [0.15, 0.2) is 59.4 Å². The van der Waals surface area contributed by atoms with E-state index in [0.29, 0.717) is 12.0 Å². The molecule has 2 fully saturated rings. The van der Waals surface area contributed by atoms with Gasteiger partial charge in [0, 0.05) is 43.6 Å². The largest absolute Gasteiger partial charge is 0.490 e. The van der Waals surface area contributed by atoms with Gasteiger partial charge in [-0.25, -0.2) is 9.59 Å². The number of ether oxygens (including phenoxy) is 7. The molecule has 1 amide bonds. The summed E-state index contributed by atoms with van der Waals surface area (Å²) in [5.74, 6) is -6.10. The number of hydrogen-bond donors (Lipinski definition) is 5. The van der Waals surface area contributed by atoms with Crippen LogP contribution in [-0.2, 0) is 42.7 Å². The van der Waals surface area contributed by atoms with Gasteiger partial charge in [0.15, 0.2) is 24.0 Å². The van der Waals surface area contributed by atoms with E-state index < -0.39 is 96.7 Å². The number of cyclic esters (lactones) is 1. The molecule has 15 heteroatoms. The molecular formula is C44H69NO14. The molecule has 334 valence electrons. The van der Waals surface area contributed by atoms with Gasteiger partial charge in [-0.05, 0) is 46.1 Å². The summed E-state index contributed by atoms with van der Waals surface area (Å²) in [6.45, 7) is 16.0. The maximum Gasteiger partial charge on any atom is 0.405 e. The number of amides is 1. The number of aliphatic hydroxyl groups is 4. The molecule has 0 aromatic heterocycles. The number of aliphatic hydroxyl groups excluding tert-OH is 3. The number of Topliss-reactive ketones (excluding diaryl/α,β-unsaturated/α-hetero) is 1. The number of esters is 1. The van der Waals surface area contributed by atoms with Gasteiger partial charge in [-0.1, -0.05) is 82.2 Å². The van der Waals surface area contributed by atoms with Crippen LogP contribution in [-0.4, -0.2) is 120 Å². The lowest BCUT2D eigenvalue weighted by molar-refractivity contribution is -0.333. The van der Waals surface area contributed by atoms with Crippen LogP contribution >= 0.6 is 0 Å². The van der Waals surface area contributed by atoms with Gasteiger partial charge in [0.2, 0.25) is 5.76 Å². The average Bonchev–Trinajstić information content (AvgIpc) is 3.16. The highest BCUT2D eigenvalue weighted by molar-refractivity contribution is 5.87. The molecule has 0 aromatic rings. The summed E-state index contributed by atoms with van der Waals surface area (Å²) in [6.07, 6.45) is 2.06. The van der Waals surface area contributed by atoms with E-state index in [1.165, 1.54) is 20.3 Å². The van der Waals surface area contributed by atoms with Crippen LogP contribution in [0.25, 0.3) is 0 Å². The third-order valence-electron chi connectivity index (χ3n) is 11.9. The van der Waals surface area contributed by atoms with Gasteiger partial charge >= 0.3 is 12.1 Å². The number of ketones is 1. The molecule has 0 bridgehead atoms. The lowest BCUT2D eigenvalue weighted by Crippen LogP contribution is -2.59. The Morgan fingerprint density at radius 2 is 1.75 bits per heavy atom.